The Kier molecular flexibility index (Phi) is 4.12. The first-order valence-electron chi connectivity index (χ1n) is 6.55. The van der Waals surface area contributed by atoms with E-state index in [4.69, 9.17) is 5.73 Å². The summed E-state index contributed by atoms with van der Waals surface area (Å²) in [6.07, 6.45) is 0. The van der Waals surface area contributed by atoms with Gasteiger partial charge in [0.15, 0.2) is 26.9 Å². The molecule has 5 nitrogen and oxygen atoms in total. The fourth-order valence-corrected chi connectivity index (χ4v) is 3.44. The monoisotopic (exact) mass is 363 g/mol. The van der Waals surface area contributed by atoms with Crippen molar-refractivity contribution in [2.75, 3.05) is 5.73 Å². The first kappa shape index (κ1) is 14.3. The molecule has 3 aromatic rings. The molecule has 0 radical (unpaired) electrons. The molecule has 2 N–H and O–H groups in total. The third-order valence-electron chi connectivity index (χ3n) is 3.08. The Morgan fingerprint density at radius 2 is 1.95 bits per heavy atom. The van der Waals surface area contributed by atoms with Gasteiger partial charge in [-0.05, 0) is 28.4 Å². The molecule has 0 amide bonds. The summed E-state index contributed by atoms with van der Waals surface area (Å²) in [5.41, 5.74) is 8.65. The highest BCUT2D eigenvalue weighted by molar-refractivity contribution is 9.10. The molecule has 108 valence electrons. The van der Waals surface area contributed by atoms with Crippen LogP contribution in [0.4, 0.5) is 5.82 Å². The molecule has 0 aliphatic carbocycles. The van der Waals surface area contributed by atoms with Crippen molar-refractivity contribution in [2.24, 2.45) is 0 Å². The van der Waals surface area contributed by atoms with Crippen LogP contribution in [0.5, 0.6) is 0 Å². The van der Waals surface area contributed by atoms with E-state index in [-0.39, 0.29) is 0 Å². The van der Waals surface area contributed by atoms with Crippen molar-refractivity contribution in [3.63, 3.8) is 0 Å². The highest BCUT2D eigenvalue weighted by Crippen LogP contribution is 2.26. The van der Waals surface area contributed by atoms with Gasteiger partial charge in [0, 0.05) is 12.3 Å². The summed E-state index contributed by atoms with van der Waals surface area (Å²) in [6, 6.07) is 10.2. The number of nitrogens with zero attached hydrogens (tertiary/aromatic N) is 4. The van der Waals surface area contributed by atoms with E-state index in [1.807, 2.05) is 29.7 Å². The van der Waals surface area contributed by atoms with Gasteiger partial charge < -0.3 is 10.3 Å². The average Bonchev–Trinajstić information content (AvgIpc) is 2.82. The number of nitrogens with two attached hydrogens (primary N) is 1. The number of nitrogen functional groups attached to an aromatic ring is 1. The third kappa shape index (κ3) is 2.89. The third-order valence-corrected chi connectivity index (χ3v) is 4.61. The molecule has 2 aromatic heterocycles. The minimum atomic E-state index is 0.420. The molecule has 0 atom stereocenters. The number of anilines is 1. The molecular weight excluding hydrogens is 350 g/mol. The van der Waals surface area contributed by atoms with Crippen molar-refractivity contribution in [2.45, 2.75) is 24.4 Å². The maximum Gasteiger partial charge on any atom is 0.191 e. The fraction of sp³-hybridized carbons (Fsp3) is 0.214. The van der Waals surface area contributed by atoms with Gasteiger partial charge in [-0.1, -0.05) is 42.1 Å². The van der Waals surface area contributed by atoms with E-state index in [1.54, 1.807) is 11.8 Å². The Labute approximate surface area is 135 Å². The quantitative estimate of drug-likeness (QED) is 0.436. The molecule has 7 heteroatoms. The maximum atomic E-state index is 6.00. The van der Waals surface area contributed by atoms with Crippen molar-refractivity contribution < 1.29 is 0 Å². The Bertz CT molecular complexity index is 772. The summed E-state index contributed by atoms with van der Waals surface area (Å²) in [5, 5.41) is 0.672. The van der Waals surface area contributed by atoms with Crippen molar-refractivity contribution in [1.82, 2.24) is 19.5 Å². The van der Waals surface area contributed by atoms with E-state index in [2.05, 4.69) is 43.0 Å². The van der Waals surface area contributed by atoms with E-state index in [0.717, 1.165) is 22.7 Å². The van der Waals surface area contributed by atoms with Crippen LogP contribution in [0, 0.1) is 0 Å². The summed E-state index contributed by atoms with van der Waals surface area (Å²) >= 11 is 5.00. The number of hydrogen-bond donors (Lipinski definition) is 1. The van der Waals surface area contributed by atoms with Crippen LogP contribution in [0.3, 0.4) is 0 Å². The number of fused-ring (bicyclic) bond motifs is 1. The van der Waals surface area contributed by atoms with Gasteiger partial charge in [0.1, 0.15) is 0 Å². The van der Waals surface area contributed by atoms with E-state index in [1.165, 1.54) is 5.56 Å². The molecule has 0 spiro atoms. The van der Waals surface area contributed by atoms with Crippen LogP contribution in [-0.4, -0.2) is 19.5 Å². The number of aromatic nitrogens is 4. The molecule has 2 heterocycles. The lowest BCUT2D eigenvalue weighted by Crippen LogP contribution is -2.00. The summed E-state index contributed by atoms with van der Waals surface area (Å²) in [7, 11) is 0. The second-order valence-corrected chi connectivity index (χ2v) is 6.11. The molecule has 0 aliphatic heterocycles. The molecule has 0 unspecified atom stereocenters. The molecule has 1 aromatic carbocycles. The Morgan fingerprint density at radius 3 is 2.67 bits per heavy atom. The number of aryl methyl sites for hydroxylation is 1. The highest BCUT2D eigenvalue weighted by Gasteiger charge is 2.14. The predicted molar refractivity (Wildman–Crippen MR) is 89.1 cm³/mol. The predicted octanol–water partition coefficient (Wildman–Crippen LogP) is 3.48. The smallest absolute Gasteiger partial charge is 0.191 e. The van der Waals surface area contributed by atoms with Gasteiger partial charge in [0.25, 0.3) is 0 Å². The Morgan fingerprint density at radius 1 is 1.19 bits per heavy atom. The van der Waals surface area contributed by atoms with Crippen LogP contribution in [-0.2, 0) is 12.3 Å². The number of thioether (sulfide) groups is 1. The summed E-state index contributed by atoms with van der Waals surface area (Å²) in [5.74, 6) is 1.23. The first-order chi connectivity index (χ1) is 10.2. The van der Waals surface area contributed by atoms with E-state index < -0.39 is 0 Å². The van der Waals surface area contributed by atoms with Crippen molar-refractivity contribution >= 4 is 44.7 Å². The van der Waals surface area contributed by atoms with Gasteiger partial charge in [-0.2, -0.15) is 0 Å². The molecule has 21 heavy (non-hydrogen) atoms. The minimum Gasteiger partial charge on any atom is -0.382 e. The van der Waals surface area contributed by atoms with Crippen molar-refractivity contribution in [3.05, 3.63) is 40.6 Å². The second kappa shape index (κ2) is 6.03. The first-order valence-corrected chi connectivity index (χ1v) is 8.33. The normalized spacial score (nSPS) is 11.1. The van der Waals surface area contributed by atoms with Crippen LogP contribution < -0.4 is 5.73 Å². The standard InChI is InChI=1S/C14H14BrN5S/c1-2-20-12-10(17-13(20)15)11(16)18-14(19-12)21-8-9-6-4-3-5-7-9/h3-7H,2,8H2,1H3,(H2,16,18,19). The summed E-state index contributed by atoms with van der Waals surface area (Å²) in [6.45, 7) is 2.82. The van der Waals surface area contributed by atoms with E-state index in [0.29, 0.717) is 16.5 Å². The molecular formula is C14H14BrN5S. The van der Waals surface area contributed by atoms with Gasteiger partial charge >= 0.3 is 0 Å². The van der Waals surface area contributed by atoms with Gasteiger partial charge in [-0.15, -0.1) is 0 Å². The topological polar surface area (TPSA) is 69.6 Å². The summed E-state index contributed by atoms with van der Waals surface area (Å²) in [4.78, 5) is 13.3. The van der Waals surface area contributed by atoms with Gasteiger partial charge in [0.05, 0.1) is 0 Å². The largest absolute Gasteiger partial charge is 0.382 e. The van der Waals surface area contributed by atoms with Gasteiger partial charge in [0.2, 0.25) is 0 Å². The summed E-state index contributed by atoms with van der Waals surface area (Å²) < 4.78 is 2.70. The van der Waals surface area contributed by atoms with E-state index in [9.17, 15) is 0 Å². The molecule has 0 fully saturated rings. The molecule has 0 saturated carbocycles. The number of rotatable bonds is 4. The zero-order valence-corrected chi connectivity index (χ0v) is 13.9. The fourth-order valence-electron chi connectivity index (χ4n) is 2.04. The maximum absolute atomic E-state index is 6.00. The molecule has 3 rings (SSSR count). The Hall–Kier alpha value is -1.60. The molecule has 0 aliphatic rings. The molecule has 0 saturated heterocycles. The number of hydrogen-bond acceptors (Lipinski definition) is 5. The SMILES string of the molecule is CCn1c(Br)nc2c(N)nc(SCc3ccccc3)nc21. The Balaban J connectivity index is 1.92. The lowest BCUT2D eigenvalue weighted by Gasteiger charge is -2.04. The zero-order valence-electron chi connectivity index (χ0n) is 11.5. The highest BCUT2D eigenvalue weighted by atomic mass is 79.9. The second-order valence-electron chi connectivity index (χ2n) is 4.46. The van der Waals surface area contributed by atoms with Crippen LogP contribution in [0.25, 0.3) is 11.2 Å². The van der Waals surface area contributed by atoms with Crippen LogP contribution in [0.2, 0.25) is 0 Å². The minimum absolute atomic E-state index is 0.420. The van der Waals surface area contributed by atoms with Crippen LogP contribution in [0.1, 0.15) is 12.5 Å². The lowest BCUT2D eigenvalue weighted by molar-refractivity contribution is 0.751. The van der Waals surface area contributed by atoms with Gasteiger partial charge in [-0.3, -0.25) is 0 Å². The molecule has 0 bridgehead atoms. The zero-order chi connectivity index (χ0) is 14.8. The number of halogens is 1. The van der Waals surface area contributed by atoms with Gasteiger partial charge in [-0.25, -0.2) is 15.0 Å². The van der Waals surface area contributed by atoms with Crippen LogP contribution >= 0.6 is 27.7 Å². The average molecular weight is 364 g/mol. The number of imidazole rings is 1. The van der Waals surface area contributed by atoms with E-state index >= 15 is 0 Å². The number of benzene rings is 1. The lowest BCUT2D eigenvalue weighted by atomic mass is 10.2. The van der Waals surface area contributed by atoms with Crippen LogP contribution in [0.15, 0.2) is 40.2 Å². The van der Waals surface area contributed by atoms with Crippen molar-refractivity contribution in [3.8, 4) is 0 Å². The van der Waals surface area contributed by atoms with Crippen molar-refractivity contribution in [1.29, 1.82) is 0 Å².